The van der Waals surface area contributed by atoms with Crippen LogP contribution in [-0.2, 0) is 10.2 Å². The predicted octanol–water partition coefficient (Wildman–Crippen LogP) is 0.841. The number of hydrogen-bond donors (Lipinski definition) is 0. The zero-order valence-electron chi connectivity index (χ0n) is 4.77. The fourth-order valence-electron chi connectivity index (χ4n) is 0. The van der Waals surface area contributed by atoms with E-state index >= 15 is 0 Å². The zero-order valence-corrected chi connectivity index (χ0v) is 5.59. The maximum atomic E-state index is 10.7. The van der Waals surface area contributed by atoms with Gasteiger partial charge in [0.1, 0.15) is 13.3 Å². The quantitative estimate of drug-likeness (QED) is 0.538. The summed E-state index contributed by atoms with van der Waals surface area (Å²) in [5.41, 5.74) is 0. The van der Waals surface area contributed by atoms with E-state index in [4.69, 9.17) is 8.42 Å². The summed E-state index contributed by atoms with van der Waals surface area (Å²) in [6.45, 7) is -1.69. The van der Waals surface area contributed by atoms with Crippen LogP contribution in [-0.4, -0.2) is 28.0 Å². The highest BCUT2D eigenvalue weighted by atomic mass is 32.3. The van der Waals surface area contributed by atoms with Crippen LogP contribution in [0.1, 0.15) is 0 Å². The second-order valence-electron chi connectivity index (χ2n) is 1.06. The number of hydrogen-bond acceptors (Lipinski definition) is 2. The van der Waals surface area contributed by atoms with Crippen molar-refractivity contribution in [2.45, 2.75) is 0 Å². The van der Waals surface area contributed by atoms with Crippen molar-refractivity contribution in [3.05, 3.63) is 0 Å². The van der Waals surface area contributed by atoms with E-state index in [2.05, 4.69) is 0 Å². The number of rotatable bonds is 1. The standard InChI is InChI=1S/C2H4F2.CH3FO2S/c3-1-2-4;1-5(2,3)4/h1-2H2;1H3. The van der Waals surface area contributed by atoms with Crippen LogP contribution in [0.25, 0.3) is 0 Å². The van der Waals surface area contributed by atoms with E-state index in [0.717, 1.165) is 0 Å². The highest BCUT2D eigenvalue weighted by Crippen LogP contribution is 1.75. The predicted molar refractivity (Wildman–Crippen MR) is 27.9 cm³/mol. The van der Waals surface area contributed by atoms with E-state index in [1.165, 1.54) is 0 Å². The summed E-state index contributed by atoms with van der Waals surface area (Å²) < 4.78 is 49.3. The average Bonchev–Trinajstić information content (AvgIpc) is 1.61. The van der Waals surface area contributed by atoms with Crippen LogP contribution in [0.4, 0.5) is 12.7 Å². The monoisotopic (exact) mass is 164 g/mol. The molecule has 0 rings (SSSR count). The van der Waals surface area contributed by atoms with E-state index in [0.29, 0.717) is 6.26 Å². The molecular formula is C3H7F3O2S. The molecule has 0 aromatic rings. The summed E-state index contributed by atoms with van der Waals surface area (Å²) in [5, 5.41) is 0. The summed E-state index contributed by atoms with van der Waals surface area (Å²) in [6, 6.07) is 0. The van der Waals surface area contributed by atoms with Crippen molar-refractivity contribution in [2.75, 3.05) is 19.6 Å². The second-order valence-corrected chi connectivity index (χ2v) is 2.42. The van der Waals surface area contributed by atoms with E-state index in [1.54, 1.807) is 0 Å². The normalized spacial score (nSPS) is 9.78. The fraction of sp³-hybridized carbons (Fsp3) is 1.00. The molecule has 0 atom stereocenters. The summed E-state index contributed by atoms with van der Waals surface area (Å²) >= 11 is 0. The van der Waals surface area contributed by atoms with Gasteiger partial charge in [0.15, 0.2) is 0 Å². The van der Waals surface area contributed by atoms with Gasteiger partial charge < -0.3 is 0 Å². The van der Waals surface area contributed by atoms with Crippen LogP contribution in [0.5, 0.6) is 0 Å². The molecule has 58 valence electrons. The average molecular weight is 164 g/mol. The molecule has 0 N–H and O–H groups in total. The van der Waals surface area contributed by atoms with E-state index < -0.39 is 23.6 Å². The van der Waals surface area contributed by atoms with Crippen molar-refractivity contribution in [3.8, 4) is 0 Å². The van der Waals surface area contributed by atoms with E-state index in [1.807, 2.05) is 0 Å². The summed E-state index contributed by atoms with van der Waals surface area (Å²) in [7, 11) is -4.17. The summed E-state index contributed by atoms with van der Waals surface area (Å²) in [4.78, 5) is 0. The maximum Gasteiger partial charge on any atom is 0.299 e. The first-order valence-corrected chi connectivity index (χ1v) is 3.72. The lowest BCUT2D eigenvalue weighted by Gasteiger charge is -1.63. The Labute approximate surface area is 51.9 Å². The molecule has 0 spiro atoms. The van der Waals surface area contributed by atoms with Crippen LogP contribution < -0.4 is 0 Å². The van der Waals surface area contributed by atoms with Crippen molar-refractivity contribution >= 4 is 10.2 Å². The summed E-state index contributed by atoms with van der Waals surface area (Å²) in [5.74, 6) is 0. The van der Waals surface area contributed by atoms with Gasteiger partial charge in [-0.25, -0.2) is 8.78 Å². The van der Waals surface area contributed by atoms with E-state index in [-0.39, 0.29) is 0 Å². The van der Waals surface area contributed by atoms with E-state index in [9.17, 15) is 12.7 Å². The molecule has 0 radical (unpaired) electrons. The molecule has 0 aliphatic heterocycles. The Hall–Kier alpha value is -0.260. The van der Waals surface area contributed by atoms with Gasteiger partial charge in [0.25, 0.3) is 10.2 Å². The van der Waals surface area contributed by atoms with Gasteiger partial charge in [0.05, 0.1) is 6.26 Å². The van der Waals surface area contributed by atoms with Crippen LogP contribution in [0.15, 0.2) is 0 Å². The van der Waals surface area contributed by atoms with Crippen molar-refractivity contribution in [1.29, 1.82) is 0 Å². The Morgan fingerprint density at radius 1 is 1.22 bits per heavy atom. The maximum absolute atomic E-state index is 10.7. The van der Waals surface area contributed by atoms with Crippen molar-refractivity contribution in [2.24, 2.45) is 0 Å². The highest BCUT2D eigenvalue weighted by Gasteiger charge is 1.86. The molecule has 0 aromatic carbocycles. The first kappa shape index (κ1) is 11.5. The van der Waals surface area contributed by atoms with Gasteiger partial charge in [0.2, 0.25) is 0 Å². The van der Waals surface area contributed by atoms with Gasteiger partial charge >= 0.3 is 0 Å². The third kappa shape index (κ3) is 466. The molecule has 0 unspecified atom stereocenters. The van der Waals surface area contributed by atoms with Gasteiger partial charge in [-0.15, -0.1) is 3.89 Å². The molecule has 0 aromatic heterocycles. The molecule has 0 aliphatic carbocycles. The van der Waals surface area contributed by atoms with Gasteiger partial charge in [0, 0.05) is 0 Å². The van der Waals surface area contributed by atoms with Gasteiger partial charge in [-0.1, -0.05) is 0 Å². The largest absolute Gasteiger partial charge is 0.299 e. The third-order valence-electron chi connectivity index (χ3n) is 0.0714. The Kier molecular flexibility index (Phi) is 7.52. The van der Waals surface area contributed by atoms with Gasteiger partial charge in [-0.05, 0) is 0 Å². The zero-order chi connectivity index (χ0) is 7.91. The smallest absolute Gasteiger partial charge is 0.248 e. The lowest BCUT2D eigenvalue weighted by atomic mass is 10.9. The molecule has 0 aliphatic rings. The topological polar surface area (TPSA) is 34.1 Å². The second kappa shape index (κ2) is 5.87. The third-order valence-corrected chi connectivity index (χ3v) is 0.0714. The fourth-order valence-corrected chi connectivity index (χ4v) is 0. The number of halogens is 3. The van der Waals surface area contributed by atoms with Crippen molar-refractivity contribution < 1.29 is 21.1 Å². The minimum Gasteiger partial charge on any atom is -0.248 e. The van der Waals surface area contributed by atoms with Crippen LogP contribution in [0.2, 0.25) is 0 Å². The lowest BCUT2D eigenvalue weighted by molar-refractivity contribution is 0.380. The van der Waals surface area contributed by atoms with Gasteiger partial charge in [-0.2, -0.15) is 8.42 Å². The molecule has 0 amide bonds. The van der Waals surface area contributed by atoms with Gasteiger partial charge in [-0.3, -0.25) is 0 Å². The molecular weight excluding hydrogens is 157 g/mol. The molecule has 0 saturated heterocycles. The SMILES string of the molecule is CS(=O)(=O)F.FCCF. The summed E-state index contributed by atoms with van der Waals surface area (Å²) in [6.07, 6.45) is 0.493. The molecule has 0 fully saturated rings. The number of alkyl halides is 2. The lowest BCUT2D eigenvalue weighted by Crippen LogP contribution is -1.78. The Balaban J connectivity index is 0. The molecule has 9 heavy (non-hydrogen) atoms. The molecule has 0 bridgehead atoms. The van der Waals surface area contributed by atoms with Crippen LogP contribution in [0, 0.1) is 0 Å². The van der Waals surface area contributed by atoms with Crippen molar-refractivity contribution in [1.82, 2.24) is 0 Å². The Morgan fingerprint density at radius 3 is 1.33 bits per heavy atom. The molecule has 0 heterocycles. The molecule has 2 nitrogen and oxygen atoms in total. The van der Waals surface area contributed by atoms with Crippen LogP contribution >= 0.6 is 0 Å². The highest BCUT2D eigenvalue weighted by molar-refractivity contribution is 7.85. The minimum absolute atomic E-state index is 0.493. The first-order chi connectivity index (χ1) is 3.91. The Bertz CT molecular complexity index is 120. The Morgan fingerprint density at radius 2 is 1.33 bits per heavy atom. The molecule has 0 saturated carbocycles. The van der Waals surface area contributed by atoms with Crippen molar-refractivity contribution in [3.63, 3.8) is 0 Å². The first-order valence-electron chi connectivity index (χ1n) is 1.93. The molecule has 6 heteroatoms. The van der Waals surface area contributed by atoms with Crippen LogP contribution in [0.3, 0.4) is 0 Å². The minimum atomic E-state index is -4.17.